The number of nitrogens with one attached hydrogen (secondary N) is 2. The SMILES string of the molecule is CNC(=O)CCNS(=O)(=O)c1c(N)cccc1F. The Morgan fingerprint density at radius 2 is 2.11 bits per heavy atom. The third-order valence-corrected chi connectivity index (χ3v) is 3.74. The number of nitrogen functional groups attached to an aromatic ring is 1. The van der Waals surface area contributed by atoms with Crippen molar-refractivity contribution in [3.63, 3.8) is 0 Å². The molecule has 0 atom stereocenters. The zero-order chi connectivity index (χ0) is 13.8. The van der Waals surface area contributed by atoms with Crippen LogP contribution in [0.2, 0.25) is 0 Å². The molecule has 0 aliphatic rings. The van der Waals surface area contributed by atoms with Gasteiger partial charge in [-0.2, -0.15) is 0 Å². The topological polar surface area (TPSA) is 101 Å². The van der Waals surface area contributed by atoms with Crippen molar-refractivity contribution in [1.82, 2.24) is 10.0 Å². The second kappa shape index (κ2) is 5.78. The summed E-state index contributed by atoms with van der Waals surface area (Å²) in [4.78, 5) is 10.3. The van der Waals surface area contributed by atoms with Crippen molar-refractivity contribution >= 4 is 21.6 Å². The van der Waals surface area contributed by atoms with Gasteiger partial charge in [-0.05, 0) is 12.1 Å². The van der Waals surface area contributed by atoms with Crippen molar-refractivity contribution in [2.45, 2.75) is 11.3 Å². The Kier molecular flexibility index (Phi) is 4.62. The van der Waals surface area contributed by atoms with Crippen LogP contribution in [-0.2, 0) is 14.8 Å². The molecular weight excluding hydrogens is 261 g/mol. The Balaban J connectivity index is 2.84. The van der Waals surface area contributed by atoms with Gasteiger partial charge in [0.25, 0.3) is 0 Å². The lowest BCUT2D eigenvalue weighted by molar-refractivity contribution is -0.120. The van der Waals surface area contributed by atoms with E-state index in [1.165, 1.54) is 19.2 Å². The summed E-state index contributed by atoms with van der Waals surface area (Å²) in [5.74, 6) is -1.25. The van der Waals surface area contributed by atoms with Gasteiger partial charge in [0.15, 0.2) is 0 Å². The summed E-state index contributed by atoms with van der Waals surface area (Å²) < 4.78 is 39.1. The Labute approximate surface area is 104 Å². The fraction of sp³-hybridized carbons (Fsp3) is 0.300. The Morgan fingerprint density at radius 3 is 2.67 bits per heavy atom. The third-order valence-electron chi connectivity index (χ3n) is 2.19. The van der Waals surface area contributed by atoms with Gasteiger partial charge in [-0.3, -0.25) is 4.79 Å². The molecule has 0 aliphatic heterocycles. The Hall–Kier alpha value is -1.67. The van der Waals surface area contributed by atoms with Crippen LogP contribution in [-0.4, -0.2) is 27.9 Å². The van der Waals surface area contributed by atoms with E-state index < -0.39 is 20.7 Å². The highest BCUT2D eigenvalue weighted by molar-refractivity contribution is 7.89. The third kappa shape index (κ3) is 3.41. The molecule has 0 saturated heterocycles. The van der Waals surface area contributed by atoms with Crippen molar-refractivity contribution in [2.24, 2.45) is 0 Å². The molecule has 0 heterocycles. The fourth-order valence-corrected chi connectivity index (χ4v) is 2.52. The quantitative estimate of drug-likeness (QED) is 0.649. The molecule has 0 aliphatic carbocycles. The minimum Gasteiger partial charge on any atom is -0.398 e. The van der Waals surface area contributed by atoms with E-state index in [4.69, 9.17) is 5.73 Å². The monoisotopic (exact) mass is 275 g/mol. The minimum atomic E-state index is -4.06. The highest BCUT2D eigenvalue weighted by Crippen LogP contribution is 2.21. The van der Waals surface area contributed by atoms with Gasteiger partial charge in [-0.25, -0.2) is 17.5 Å². The molecule has 100 valence electrons. The molecule has 6 nitrogen and oxygen atoms in total. The van der Waals surface area contributed by atoms with Gasteiger partial charge >= 0.3 is 0 Å². The average molecular weight is 275 g/mol. The maximum atomic E-state index is 13.4. The summed E-state index contributed by atoms with van der Waals surface area (Å²) in [6.45, 7) is -0.129. The molecule has 0 bridgehead atoms. The van der Waals surface area contributed by atoms with Crippen LogP contribution in [0.1, 0.15) is 6.42 Å². The second-order valence-electron chi connectivity index (χ2n) is 3.48. The molecule has 0 saturated carbocycles. The number of sulfonamides is 1. The zero-order valence-electron chi connectivity index (χ0n) is 9.73. The van der Waals surface area contributed by atoms with E-state index in [9.17, 15) is 17.6 Å². The number of nitrogens with two attached hydrogens (primary N) is 1. The van der Waals surface area contributed by atoms with Crippen molar-refractivity contribution in [2.75, 3.05) is 19.3 Å². The molecule has 1 rings (SSSR count). The predicted molar refractivity (Wildman–Crippen MR) is 64.7 cm³/mol. The lowest BCUT2D eigenvalue weighted by Gasteiger charge is -2.09. The summed E-state index contributed by atoms with van der Waals surface area (Å²) in [7, 11) is -2.62. The molecule has 4 N–H and O–H groups in total. The highest BCUT2D eigenvalue weighted by Gasteiger charge is 2.21. The van der Waals surface area contributed by atoms with E-state index in [1.807, 2.05) is 0 Å². The molecule has 1 aromatic carbocycles. The number of amides is 1. The Bertz CT molecular complexity index is 525. The maximum Gasteiger partial charge on any atom is 0.245 e. The van der Waals surface area contributed by atoms with Crippen LogP contribution in [0.15, 0.2) is 23.1 Å². The molecule has 1 aromatic rings. The van der Waals surface area contributed by atoms with Crippen LogP contribution < -0.4 is 15.8 Å². The van der Waals surface area contributed by atoms with Gasteiger partial charge < -0.3 is 11.1 Å². The number of anilines is 1. The number of hydrogen-bond acceptors (Lipinski definition) is 4. The van der Waals surface area contributed by atoms with Gasteiger partial charge in [0.1, 0.15) is 10.7 Å². The van der Waals surface area contributed by atoms with E-state index in [2.05, 4.69) is 10.0 Å². The smallest absolute Gasteiger partial charge is 0.245 e. The molecule has 18 heavy (non-hydrogen) atoms. The van der Waals surface area contributed by atoms with Gasteiger partial charge in [0, 0.05) is 20.0 Å². The largest absolute Gasteiger partial charge is 0.398 e. The summed E-state index contributed by atoms with van der Waals surface area (Å²) in [6.07, 6.45) is -0.0376. The second-order valence-corrected chi connectivity index (χ2v) is 5.18. The van der Waals surface area contributed by atoms with Crippen LogP contribution in [0.3, 0.4) is 0 Å². The van der Waals surface area contributed by atoms with Crippen LogP contribution in [0, 0.1) is 5.82 Å². The van der Waals surface area contributed by atoms with Gasteiger partial charge in [-0.1, -0.05) is 6.07 Å². The number of carbonyl (C=O) groups excluding carboxylic acids is 1. The van der Waals surface area contributed by atoms with E-state index in [1.54, 1.807) is 0 Å². The molecule has 0 spiro atoms. The first kappa shape index (κ1) is 14.4. The van der Waals surface area contributed by atoms with Gasteiger partial charge in [-0.15, -0.1) is 0 Å². The highest BCUT2D eigenvalue weighted by atomic mass is 32.2. The molecule has 0 radical (unpaired) electrons. The van der Waals surface area contributed by atoms with Gasteiger partial charge in [0.2, 0.25) is 15.9 Å². The first-order valence-corrected chi connectivity index (χ1v) is 6.61. The van der Waals surface area contributed by atoms with Crippen LogP contribution in [0.4, 0.5) is 10.1 Å². The Morgan fingerprint density at radius 1 is 1.44 bits per heavy atom. The van der Waals surface area contributed by atoms with Crippen molar-refractivity contribution in [1.29, 1.82) is 0 Å². The van der Waals surface area contributed by atoms with Crippen LogP contribution in [0.5, 0.6) is 0 Å². The van der Waals surface area contributed by atoms with Crippen LogP contribution in [0.25, 0.3) is 0 Å². The lowest BCUT2D eigenvalue weighted by Crippen LogP contribution is -2.30. The predicted octanol–water partition coefficient (Wildman–Crippen LogP) is -0.178. The molecule has 0 aromatic heterocycles. The van der Waals surface area contributed by atoms with E-state index in [0.717, 1.165) is 6.07 Å². The molecular formula is C10H14FN3O3S. The van der Waals surface area contributed by atoms with Gasteiger partial charge in [0.05, 0.1) is 5.69 Å². The number of hydrogen-bond donors (Lipinski definition) is 3. The van der Waals surface area contributed by atoms with E-state index >= 15 is 0 Å². The lowest BCUT2D eigenvalue weighted by atomic mass is 10.3. The molecule has 0 unspecified atom stereocenters. The van der Waals surface area contributed by atoms with E-state index in [-0.39, 0.29) is 24.6 Å². The molecule has 8 heteroatoms. The first-order valence-electron chi connectivity index (χ1n) is 5.12. The summed E-state index contributed by atoms with van der Waals surface area (Å²) in [5, 5.41) is 2.34. The van der Waals surface area contributed by atoms with Crippen molar-refractivity contribution in [3.05, 3.63) is 24.0 Å². The number of halogens is 1. The van der Waals surface area contributed by atoms with Crippen LogP contribution >= 0.6 is 0 Å². The van der Waals surface area contributed by atoms with Crippen molar-refractivity contribution < 1.29 is 17.6 Å². The minimum absolute atomic E-state index is 0.0376. The zero-order valence-corrected chi connectivity index (χ0v) is 10.6. The number of benzene rings is 1. The number of carbonyl (C=O) groups is 1. The normalized spacial score (nSPS) is 11.2. The average Bonchev–Trinajstić information content (AvgIpc) is 2.27. The summed E-state index contributed by atoms with van der Waals surface area (Å²) in [6, 6.07) is 3.61. The van der Waals surface area contributed by atoms with E-state index in [0.29, 0.717) is 0 Å². The standard InChI is InChI=1S/C10H14FN3O3S/c1-13-9(15)5-6-14-18(16,17)10-7(11)3-2-4-8(10)12/h2-4,14H,5-6,12H2,1H3,(H,13,15). The maximum absolute atomic E-state index is 13.4. The molecule has 1 amide bonds. The number of rotatable bonds is 5. The summed E-state index contributed by atoms with van der Waals surface area (Å²) >= 11 is 0. The fourth-order valence-electron chi connectivity index (χ4n) is 1.31. The first-order chi connectivity index (χ1) is 8.38. The summed E-state index contributed by atoms with van der Waals surface area (Å²) in [5.41, 5.74) is 5.25. The van der Waals surface area contributed by atoms with Crippen molar-refractivity contribution in [3.8, 4) is 0 Å². The molecule has 0 fully saturated rings.